The van der Waals surface area contributed by atoms with E-state index in [0.29, 0.717) is 5.88 Å². The predicted octanol–water partition coefficient (Wildman–Crippen LogP) is 4.22. The van der Waals surface area contributed by atoms with Crippen molar-refractivity contribution in [2.75, 3.05) is 0 Å². The van der Waals surface area contributed by atoms with Gasteiger partial charge in [-0.15, -0.1) is 0 Å². The molecule has 4 nitrogen and oxygen atoms in total. The zero-order chi connectivity index (χ0) is 17.1. The first-order valence-corrected chi connectivity index (χ1v) is 7.63. The van der Waals surface area contributed by atoms with Crippen LogP contribution in [-0.2, 0) is 4.79 Å². The Bertz CT molecular complexity index is 842. The molecule has 0 saturated heterocycles. The summed E-state index contributed by atoms with van der Waals surface area (Å²) in [7, 11) is 0. The van der Waals surface area contributed by atoms with E-state index in [4.69, 9.17) is 4.74 Å². The molecule has 3 rings (SSSR count). The summed E-state index contributed by atoms with van der Waals surface area (Å²) in [6.45, 7) is 3.27. The van der Waals surface area contributed by atoms with Gasteiger partial charge in [0.1, 0.15) is 5.82 Å². The maximum atomic E-state index is 13.1. The van der Waals surface area contributed by atoms with Gasteiger partial charge >= 0.3 is 5.97 Å². The average Bonchev–Trinajstić information content (AvgIpc) is 2.98. The first-order chi connectivity index (χ1) is 11.6. The van der Waals surface area contributed by atoms with Crippen LogP contribution >= 0.6 is 0 Å². The normalized spacial score (nSPS) is 12.0. The minimum Gasteiger partial charge on any atom is -0.407 e. The molecule has 0 aliphatic rings. The number of carbonyl (C=O) groups is 1. The number of ether oxygens (including phenoxy) is 1. The molecule has 122 valence electrons. The van der Waals surface area contributed by atoms with Gasteiger partial charge in [-0.25, -0.2) is 9.07 Å². The third-order valence-electron chi connectivity index (χ3n) is 3.79. The van der Waals surface area contributed by atoms with Crippen LogP contribution in [0.25, 0.3) is 11.1 Å². The maximum absolute atomic E-state index is 13.1. The van der Waals surface area contributed by atoms with Crippen LogP contribution in [0, 0.1) is 5.82 Å². The fourth-order valence-electron chi connectivity index (χ4n) is 2.56. The van der Waals surface area contributed by atoms with E-state index in [9.17, 15) is 9.18 Å². The van der Waals surface area contributed by atoms with Crippen LogP contribution in [0.5, 0.6) is 5.88 Å². The summed E-state index contributed by atoms with van der Waals surface area (Å²) in [5.41, 5.74) is 2.51. The summed E-state index contributed by atoms with van der Waals surface area (Å²) < 4.78 is 20.2. The van der Waals surface area contributed by atoms with Crippen molar-refractivity contribution in [3.8, 4) is 17.0 Å². The van der Waals surface area contributed by atoms with Gasteiger partial charge in [0, 0.05) is 6.92 Å². The number of benzene rings is 2. The van der Waals surface area contributed by atoms with E-state index in [0.717, 1.165) is 16.7 Å². The van der Waals surface area contributed by atoms with Gasteiger partial charge in [-0.2, -0.15) is 5.10 Å². The topological polar surface area (TPSA) is 44.1 Å². The van der Waals surface area contributed by atoms with Crippen molar-refractivity contribution < 1.29 is 13.9 Å². The molecule has 1 heterocycles. The van der Waals surface area contributed by atoms with E-state index >= 15 is 0 Å². The van der Waals surface area contributed by atoms with Crippen LogP contribution in [0.1, 0.15) is 25.5 Å². The van der Waals surface area contributed by atoms with E-state index in [2.05, 4.69) is 5.10 Å². The number of halogens is 1. The largest absolute Gasteiger partial charge is 0.407 e. The van der Waals surface area contributed by atoms with Gasteiger partial charge in [0.05, 0.1) is 17.8 Å². The van der Waals surface area contributed by atoms with E-state index in [1.165, 1.54) is 19.1 Å². The smallest absolute Gasteiger partial charge is 0.309 e. The highest BCUT2D eigenvalue weighted by atomic mass is 19.1. The number of rotatable bonds is 4. The van der Waals surface area contributed by atoms with Gasteiger partial charge in [0.15, 0.2) is 0 Å². The van der Waals surface area contributed by atoms with Crippen molar-refractivity contribution in [3.63, 3.8) is 0 Å². The molecule has 1 aromatic heterocycles. The molecule has 0 aliphatic heterocycles. The first-order valence-electron chi connectivity index (χ1n) is 7.63. The molecule has 3 aromatic rings. The van der Waals surface area contributed by atoms with Gasteiger partial charge in [-0.05, 0) is 30.2 Å². The van der Waals surface area contributed by atoms with Crippen molar-refractivity contribution in [2.24, 2.45) is 0 Å². The third kappa shape index (κ3) is 3.20. The molecule has 0 aliphatic carbocycles. The lowest BCUT2D eigenvalue weighted by Crippen LogP contribution is -2.13. The minimum atomic E-state index is -0.416. The van der Waals surface area contributed by atoms with E-state index in [-0.39, 0.29) is 11.9 Å². The van der Waals surface area contributed by atoms with Crippen LogP contribution in [0.3, 0.4) is 0 Å². The van der Waals surface area contributed by atoms with Crippen LogP contribution < -0.4 is 4.74 Å². The summed E-state index contributed by atoms with van der Waals surface area (Å²) >= 11 is 0. The lowest BCUT2D eigenvalue weighted by molar-refractivity contribution is -0.132. The maximum Gasteiger partial charge on any atom is 0.309 e. The lowest BCUT2D eigenvalue weighted by atomic mass is 10.1. The van der Waals surface area contributed by atoms with E-state index < -0.39 is 5.97 Å². The van der Waals surface area contributed by atoms with Gasteiger partial charge in [-0.1, -0.05) is 42.5 Å². The van der Waals surface area contributed by atoms with Crippen molar-refractivity contribution in [3.05, 3.63) is 72.2 Å². The molecule has 0 fully saturated rings. The number of esters is 1. The summed E-state index contributed by atoms with van der Waals surface area (Å²) in [6.07, 6.45) is 1.67. The highest BCUT2D eigenvalue weighted by Crippen LogP contribution is 2.33. The van der Waals surface area contributed by atoms with Crippen molar-refractivity contribution in [2.45, 2.75) is 19.9 Å². The molecule has 0 bridgehead atoms. The van der Waals surface area contributed by atoms with Gasteiger partial charge in [0.2, 0.25) is 5.88 Å². The number of aromatic nitrogens is 2. The van der Waals surface area contributed by atoms with Crippen molar-refractivity contribution in [1.82, 2.24) is 9.78 Å². The molecule has 24 heavy (non-hydrogen) atoms. The second kappa shape index (κ2) is 6.66. The number of nitrogens with zero attached hydrogens (tertiary/aromatic N) is 2. The Hall–Kier alpha value is -2.95. The van der Waals surface area contributed by atoms with Crippen LogP contribution in [-0.4, -0.2) is 15.7 Å². The molecular formula is C19H17FN2O2. The van der Waals surface area contributed by atoms with Gasteiger partial charge in [0.25, 0.3) is 0 Å². The molecule has 2 aromatic carbocycles. The molecule has 1 atom stereocenters. The summed E-state index contributed by atoms with van der Waals surface area (Å²) in [4.78, 5) is 11.5. The Balaban J connectivity index is 2.06. The molecule has 0 amide bonds. The monoisotopic (exact) mass is 324 g/mol. The summed E-state index contributed by atoms with van der Waals surface area (Å²) in [6, 6.07) is 15.6. The molecule has 0 saturated carbocycles. The predicted molar refractivity (Wildman–Crippen MR) is 89.2 cm³/mol. The molecule has 5 heteroatoms. The Morgan fingerprint density at radius 3 is 2.42 bits per heavy atom. The zero-order valence-electron chi connectivity index (χ0n) is 13.4. The first kappa shape index (κ1) is 15.9. The Morgan fingerprint density at radius 2 is 1.79 bits per heavy atom. The summed E-state index contributed by atoms with van der Waals surface area (Å²) in [5.74, 6) is -0.331. The standard InChI is InChI=1S/C19H17FN2O2/c1-13(15-8-10-17(20)11-9-15)22-19(24-14(2)23)18(12-21-22)16-6-4-3-5-7-16/h3-13H,1-2H3. The quantitative estimate of drug-likeness (QED) is 0.675. The number of hydrogen-bond acceptors (Lipinski definition) is 3. The molecule has 0 spiro atoms. The fraction of sp³-hybridized carbons (Fsp3) is 0.158. The Labute approximate surface area is 139 Å². The second-order valence-corrected chi connectivity index (χ2v) is 5.50. The summed E-state index contributed by atoms with van der Waals surface area (Å²) in [5, 5.41) is 4.39. The molecule has 1 unspecified atom stereocenters. The van der Waals surface area contributed by atoms with Crippen LogP contribution in [0.4, 0.5) is 4.39 Å². The van der Waals surface area contributed by atoms with Gasteiger partial charge < -0.3 is 4.74 Å². The SMILES string of the molecule is CC(=O)Oc1c(-c2ccccc2)cnn1C(C)c1ccc(F)cc1. The Kier molecular flexibility index (Phi) is 4.42. The van der Waals surface area contributed by atoms with Crippen molar-refractivity contribution >= 4 is 5.97 Å². The second-order valence-electron chi connectivity index (χ2n) is 5.50. The highest BCUT2D eigenvalue weighted by Gasteiger charge is 2.20. The number of hydrogen-bond donors (Lipinski definition) is 0. The fourth-order valence-corrected chi connectivity index (χ4v) is 2.56. The van der Waals surface area contributed by atoms with E-state index in [1.807, 2.05) is 37.3 Å². The Morgan fingerprint density at radius 1 is 1.12 bits per heavy atom. The highest BCUT2D eigenvalue weighted by molar-refractivity contribution is 5.75. The van der Waals surface area contributed by atoms with Crippen LogP contribution in [0.2, 0.25) is 0 Å². The zero-order valence-corrected chi connectivity index (χ0v) is 13.4. The van der Waals surface area contributed by atoms with E-state index in [1.54, 1.807) is 23.0 Å². The number of carbonyl (C=O) groups excluding carboxylic acids is 1. The lowest BCUT2D eigenvalue weighted by Gasteiger charge is -2.16. The molecule has 0 radical (unpaired) electrons. The molecular weight excluding hydrogens is 307 g/mol. The van der Waals surface area contributed by atoms with Crippen LogP contribution in [0.15, 0.2) is 60.8 Å². The minimum absolute atomic E-state index is 0.211. The molecule has 0 N–H and O–H groups in total. The van der Waals surface area contributed by atoms with Gasteiger partial charge in [-0.3, -0.25) is 4.79 Å². The average molecular weight is 324 g/mol. The van der Waals surface area contributed by atoms with Crippen molar-refractivity contribution in [1.29, 1.82) is 0 Å². The third-order valence-corrected chi connectivity index (χ3v) is 3.79.